The van der Waals surface area contributed by atoms with Crippen molar-refractivity contribution in [3.8, 4) is 0 Å². The summed E-state index contributed by atoms with van der Waals surface area (Å²) >= 11 is -2.31. The van der Waals surface area contributed by atoms with Crippen molar-refractivity contribution >= 4 is 11.3 Å². The average Bonchev–Trinajstić information content (AvgIpc) is 1.64. The third-order valence-electron chi connectivity index (χ3n) is 0.761. The molecule has 0 amide bonds. The Balaban J connectivity index is 3.64. The highest BCUT2D eigenvalue weighted by Gasteiger charge is 2.01. The lowest BCUT2D eigenvalue weighted by Gasteiger charge is -2.21. The molecule has 0 bridgehead atoms. The Labute approximate surface area is 50.5 Å². The second-order valence-electron chi connectivity index (χ2n) is 1.40. The topological polar surface area (TPSA) is 63.6 Å². The van der Waals surface area contributed by atoms with Crippen molar-refractivity contribution in [1.82, 2.24) is 4.31 Å². The fourth-order valence-electron chi connectivity index (χ4n) is 0.125. The lowest BCUT2D eigenvalue weighted by Crippen LogP contribution is -2.29. The van der Waals surface area contributed by atoms with Crippen molar-refractivity contribution in [2.24, 2.45) is 0 Å². The molecule has 0 aromatic carbocycles. The summed E-state index contributed by atoms with van der Waals surface area (Å²) in [5.74, 6) is 0. The molecule has 8 heavy (non-hydrogen) atoms. The van der Waals surface area contributed by atoms with Crippen LogP contribution in [0.2, 0.25) is 0 Å². The van der Waals surface area contributed by atoms with E-state index < -0.39 is 17.5 Å². The summed E-state index contributed by atoms with van der Waals surface area (Å²) in [7, 11) is 1.29. The van der Waals surface area contributed by atoms with Crippen LogP contribution in [0.15, 0.2) is 0 Å². The third kappa shape index (κ3) is 2.37. The molecule has 5 heteroatoms. The molecule has 2 unspecified atom stereocenters. The highest BCUT2D eigenvalue weighted by atomic mass is 32.2. The van der Waals surface area contributed by atoms with E-state index in [2.05, 4.69) is 0 Å². The molecule has 0 spiro atoms. The third-order valence-corrected chi connectivity index (χ3v) is 1.54. The van der Waals surface area contributed by atoms with Crippen molar-refractivity contribution in [3.63, 3.8) is 0 Å². The second-order valence-corrected chi connectivity index (χ2v) is 2.41. The van der Waals surface area contributed by atoms with Crippen LogP contribution >= 0.6 is 0 Å². The van der Waals surface area contributed by atoms with Crippen LogP contribution in [0.4, 0.5) is 0 Å². The molecule has 1 N–H and O–H groups in total. The number of hydrogen-bond acceptors (Lipinski definition) is 3. The fraction of sp³-hybridized carbons (Fsp3) is 1.00. The maximum Gasteiger partial charge on any atom is 0.114 e. The summed E-state index contributed by atoms with van der Waals surface area (Å²) in [6.45, 7) is 1.37. The zero-order chi connectivity index (χ0) is 6.73. The van der Waals surface area contributed by atoms with Crippen molar-refractivity contribution in [3.05, 3.63) is 0 Å². The lowest BCUT2D eigenvalue weighted by atomic mass is 10.7. The highest BCUT2D eigenvalue weighted by molar-refractivity contribution is 7.76. The number of aliphatic hydroxyl groups is 1. The van der Waals surface area contributed by atoms with E-state index in [0.29, 0.717) is 0 Å². The van der Waals surface area contributed by atoms with E-state index in [0.717, 1.165) is 4.31 Å². The van der Waals surface area contributed by atoms with Crippen molar-refractivity contribution in [2.75, 3.05) is 7.05 Å². The molecule has 50 valence electrons. The van der Waals surface area contributed by atoms with E-state index in [1.54, 1.807) is 0 Å². The first-order valence-electron chi connectivity index (χ1n) is 2.06. The van der Waals surface area contributed by atoms with E-state index in [4.69, 9.17) is 5.11 Å². The zero-order valence-electron chi connectivity index (χ0n) is 4.70. The van der Waals surface area contributed by atoms with Gasteiger partial charge >= 0.3 is 0 Å². The van der Waals surface area contributed by atoms with Gasteiger partial charge in [-0.1, -0.05) is 0 Å². The molecule has 0 aromatic rings. The Morgan fingerprint density at radius 2 is 2.25 bits per heavy atom. The average molecular weight is 138 g/mol. The summed E-state index contributed by atoms with van der Waals surface area (Å²) < 4.78 is 20.6. The number of rotatable bonds is 2. The molecule has 0 aliphatic heterocycles. The standard InChI is InChI=1S/C3H9NO3S/c1-3(5)4(2)8(6)7/h3,5H,1-2H3,(H,6,7)/p-1. The van der Waals surface area contributed by atoms with Gasteiger partial charge in [0, 0.05) is 18.3 Å². The van der Waals surface area contributed by atoms with Gasteiger partial charge in [0.05, 0.1) is 0 Å². The summed E-state index contributed by atoms with van der Waals surface area (Å²) in [5.41, 5.74) is 0. The zero-order valence-corrected chi connectivity index (χ0v) is 5.51. The van der Waals surface area contributed by atoms with Gasteiger partial charge < -0.3 is 9.66 Å². The van der Waals surface area contributed by atoms with Crippen molar-refractivity contribution in [2.45, 2.75) is 13.2 Å². The molecule has 0 radical (unpaired) electrons. The Morgan fingerprint density at radius 3 is 2.25 bits per heavy atom. The normalized spacial score (nSPS) is 18.6. The van der Waals surface area contributed by atoms with Crippen molar-refractivity contribution < 1.29 is 13.9 Å². The molecule has 2 atom stereocenters. The van der Waals surface area contributed by atoms with Gasteiger partial charge in [-0.25, -0.2) is 4.31 Å². The van der Waals surface area contributed by atoms with Gasteiger partial charge in [0.15, 0.2) is 0 Å². The monoisotopic (exact) mass is 138 g/mol. The quantitative estimate of drug-likeness (QED) is 0.395. The Hall–Kier alpha value is 0.0300. The minimum atomic E-state index is -2.31. The minimum absolute atomic E-state index is 0.806. The summed E-state index contributed by atoms with van der Waals surface area (Å²) in [4.78, 5) is 0. The van der Waals surface area contributed by atoms with Crippen LogP contribution < -0.4 is 0 Å². The molecule has 0 heterocycles. The minimum Gasteiger partial charge on any atom is -0.760 e. The van der Waals surface area contributed by atoms with Crippen LogP contribution in [0.3, 0.4) is 0 Å². The predicted octanol–water partition coefficient (Wildman–Crippen LogP) is -0.949. The molecule has 0 aliphatic rings. The molecule has 0 aliphatic carbocycles. The van der Waals surface area contributed by atoms with Crippen LogP contribution in [0, 0.1) is 0 Å². The van der Waals surface area contributed by atoms with Crippen LogP contribution in [-0.4, -0.2) is 31.4 Å². The van der Waals surface area contributed by atoms with Crippen molar-refractivity contribution in [1.29, 1.82) is 0 Å². The molecule has 0 aromatic heterocycles. The van der Waals surface area contributed by atoms with Gasteiger partial charge in [-0.2, -0.15) is 0 Å². The number of aliphatic hydroxyl groups excluding tert-OH is 1. The van der Waals surface area contributed by atoms with Crippen LogP contribution in [0.5, 0.6) is 0 Å². The van der Waals surface area contributed by atoms with Gasteiger partial charge in [0.25, 0.3) is 0 Å². The van der Waals surface area contributed by atoms with Gasteiger partial charge in [-0.15, -0.1) is 0 Å². The smallest absolute Gasteiger partial charge is 0.114 e. The Kier molecular flexibility index (Phi) is 3.15. The SMILES string of the molecule is CC(O)N(C)S(=O)[O-]. The number of hydrogen-bond donors (Lipinski definition) is 1. The van der Waals surface area contributed by atoms with E-state index in [9.17, 15) is 8.76 Å². The first kappa shape index (κ1) is 8.03. The Morgan fingerprint density at radius 1 is 1.88 bits per heavy atom. The predicted molar refractivity (Wildman–Crippen MR) is 28.4 cm³/mol. The van der Waals surface area contributed by atoms with E-state index in [-0.39, 0.29) is 0 Å². The molecular formula is C3H8NO3S-. The first-order chi connectivity index (χ1) is 3.55. The summed E-state index contributed by atoms with van der Waals surface area (Å²) in [6, 6.07) is 0. The Bertz CT molecular complexity index is 94.5. The molecule has 0 saturated carbocycles. The second kappa shape index (κ2) is 3.13. The highest BCUT2D eigenvalue weighted by Crippen LogP contribution is 1.90. The van der Waals surface area contributed by atoms with Crippen LogP contribution in [0.1, 0.15) is 6.92 Å². The summed E-state index contributed by atoms with van der Waals surface area (Å²) in [5, 5.41) is 8.52. The van der Waals surface area contributed by atoms with E-state index in [1.165, 1.54) is 14.0 Å². The van der Waals surface area contributed by atoms with E-state index in [1.807, 2.05) is 0 Å². The first-order valence-corrected chi connectivity index (χ1v) is 3.09. The van der Waals surface area contributed by atoms with Gasteiger partial charge in [-0.3, -0.25) is 4.21 Å². The fourth-order valence-corrected chi connectivity index (χ4v) is 0.374. The van der Waals surface area contributed by atoms with Crippen LogP contribution in [0.25, 0.3) is 0 Å². The molecular weight excluding hydrogens is 130 g/mol. The lowest BCUT2D eigenvalue weighted by molar-refractivity contribution is 0.0948. The number of nitrogens with zero attached hydrogens (tertiary/aromatic N) is 1. The van der Waals surface area contributed by atoms with Crippen LogP contribution in [-0.2, 0) is 11.3 Å². The van der Waals surface area contributed by atoms with E-state index >= 15 is 0 Å². The molecule has 0 saturated heterocycles. The van der Waals surface area contributed by atoms with Gasteiger partial charge in [0.2, 0.25) is 0 Å². The maximum absolute atomic E-state index is 9.91. The maximum atomic E-state index is 9.91. The molecule has 0 fully saturated rings. The summed E-state index contributed by atoms with van der Waals surface area (Å²) in [6.07, 6.45) is -0.937. The van der Waals surface area contributed by atoms with Gasteiger partial charge in [0.1, 0.15) is 6.23 Å². The van der Waals surface area contributed by atoms with Gasteiger partial charge in [-0.05, 0) is 6.92 Å². The largest absolute Gasteiger partial charge is 0.760 e. The molecule has 0 rings (SSSR count). The molecule has 4 nitrogen and oxygen atoms in total.